The van der Waals surface area contributed by atoms with E-state index < -0.39 is 11.5 Å². The fraction of sp³-hybridized carbons (Fsp3) is 0.273. The number of aryl methyl sites for hydroxylation is 1. The minimum atomic E-state index is -0.684. The summed E-state index contributed by atoms with van der Waals surface area (Å²) in [5, 5.41) is 0.412. The summed E-state index contributed by atoms with van der Waals surface area (Å²) in [7, 11) is 1.34. The van der Waals surface area contributed by atoms with Gasteiger partial charge in [0.1, 0.15) is 5.54 Å². The third kappa shape index (κ3) is 2.79. The van der Waals surface area contributed by atoms with Gasteiger partial charge in [0.2, 0.25) is 0 Å². The van der Waals surface area contributed by atoms with Gasteiger partial charge in [0.05, 0.1) is 19.2 Å². The Morgan fingerprint density at radius 3 is 2.34 bits per heavy atom. The molecule has 0 unspecified atom stereocenters. The van der Waals surface area contributed by atoms with Crippen molar-refractivity contribution in [1.29, 1.82) is 0 Å². The molecule has 1 saturated heterocycles. The fourth-order valence-corrected chi connectivity index (χ4v) is 4.45. The number of benzene rings is 2. The molecule has 2 fully saturated rings. The Labute approximate surface area is 174 Å². The number of methoxy groups -OCH3 is 1. The van der Waals surface area contributed by atoms with Crippen LogP contribution in [0.25, 0.3) is 4.85 Å². The lowest BCUT2D eigenvalue weighted by atomic mass is 9.75. The van der Waals surface area contributed by atoms with Crippen molar-refractivity contribution in [1.82, 2.24) is 0 Å². The van der Waals surface area contributed by atoms with Gasteiger partial charge in [-0.05, 0) is 80.4 Å². The molecule has 0 bridgehead atoms. The summed E-state index contributed by atoms with van der Waals surface area (Å²) in [4.78, 5) is 32.2. The van der Waals surface area contributed by atoms with E-state index in [9.17, 15) is 9.59 Å². The van der Waals surface area contributed by atoms with Crippen molar-refractivity contribution in [2.75, 3.05) is 16.9 Å². The second-order valence-corrected chi connectivity index (χ2v) is 7.63. The molecular formula is C22H19N3O3S. The second kappa shape index (κ2) is 6.98. The van der Waals surface area contributed by atoms with Crippen LogP contribution in [0.3, 0.4) is 0 Å². The highest BCUT2D eigenvalue weighted by atomic mass is 32.1. The first-order valence-corrected chi connectivity index (χ1v) is 9.69. The maximum absolute atomic E-state index is 13.5. The highest BCUT2D eigenvalue weighted by molar-refractivity contribution is 7.81. The second-order valence-electron chi connectivity index (χ2n) is 7.26. The molecule has 146 valence electrons. The zero-order valence-corrected chi connectivity index (χ0v) is 17.0. The van der Waals surface area contributed by atoms with Crippen LogP contribution in [0.2, 0.25) is 0 Å². The number of carbonyl (C=O) groups is 2. The zero-order chi connectivity index (χ0) is 20.8. The number of thiocarbonyl (C=S) groups is 1. The number of anilines is 2. The molecule has 1 aliphatic heterocycles. The van der Waals surface area contributed by atoms with Crippen LogP contribution in [0, 0.1) is 13.5 Å². The Morgan fingerprint density at radius 1 is 1.17 bits per heavy atom. The maximum Gasteiger partial charge on any atom is 0.337 e. The first-order valence-electron chi connectivity index (χ1n) is 9.28. The number of hydrogen-bond acceptors (Lipinski definition) is 4. The molecule has 2 aromatic rings. The Morgan fingerprint density at radius 2 is 1.83 bits per heavy atom. The minimum absolute atomic E-state index is 0.0410. The van der Waals surface area contributed by atoms with E-state index in [1.54, 1.807) is 41.3 Å². The smallest absolute Gasteiger partial charge is 0.337 e. The summed E-state index contributed by atoms with van der Waals surface area (Å²) in [6, 6.07) is 12.3. The van der Waals surface area contributed by atoms with Crippen molar-refractivity contribution in [3.8, 4) is 0 Å². The predicted octanol–water partition coefficient (Wildman–Crippen LogP) is 4.39. The first-order chi connectivity index (χ1) is 13.9. The third-order valence-corrected chi connectivity index (χ3v) is 6.06. The van der Waals surface area contributed by atoms with E-state index in [4.69, 9.17) is 23.5 Å². The van der Waals surface area contributed by atoms with Crippen molar-refractivity contribution in [3.63, 3.8) is 0 Å². The molecule has 0 aromatic heterocycles. The van der Waals surface area contributed by atoms with Crippen molar-refractivity contribution in [2.24, 2.45) is 0 Å². The van der Waals surface area contributed by atoms with Crippen LogP contribution < -0.4 is 9.80 Å². The van der Waals surface area contributed by atoms with Crippen molar-refractivity contribution < 1.29 is 14.3 Å². The van der Waals surface area contributed by atoms with Gasteiger partial charge in [-0.25, -0.2) is 9.64 Å². The van der Waals surface area contributed by atoms with Gasteiger partial charge in [-0.1, -0.05) is 6.07 Å². The number of amides is 1. The summed E-state index contributed by atoms with van der Waals surface area (Å²) in [5.41, 5.74) is 2.56. The van der Waals surface area contributed by atoms with Crippen LogP contribution in [0.15, 0.2) is 42.5 Å². The predicted molar refractivity (Wildman–Crippen MR) is 114 cm³/mol. The average Bonchev–Trinajstić information content (AvgIpc) is 2.94. The lowest BCUT2D eigenvalue weighted by Gasteiger charge is -2.43. The van der Waals surface area contributed by atoms with Gasteiger partial charge in [0.15, 0.2) is 10.8 Å². The number of nitrogens with zero attached hydrogens (tertiary/aromatic N) is 3. The largest absolute Gasteiger partial charge is 0.465 e. The molecular weight excluding hydrogens is 386 g/mol. The lowest BCUT2D eigenvalue weighted by molar-refractivity contribution is -0.123. The Bertz CT molecular complexity index is 1070. The van der Waals surface area contributed by atoms with E-state index in [1.807, 2.05) is 17.9 Å². The van der Waals surface area contributed by atoms with Crippen LogP contribution in [-0.4, -0.2) is 29.6 Å². The van der Waals surface area contributed by atoms with Crippen LogP contribution in [0.5, 0.6) is 0 Å². The SMILES string of the molecule is [C-]#[N+]c1ccc(N2C(=O)C3(CCC3)N(c3ccc(C(=O)OC)cc3)C2=S)cc1C. The molecule has 1 amide bonds. The monoisotopic (exact) mass is 405 g/mol. The normalized spacial score (nSPS) is 17.3. The van der Waals surface area contributed by atoms with E-state index in [0.717, 1.165) is 30.5 Å². The van der Waals surface area contributed by atoms with Gasteiger partial charge >= 0.3 is 5.97 Å². The summed E-state index contributed by atoms with van der Waals surface area (Å²) in [5.74, 6) is -0.451. The van der Waals surface area contributed by atoms with Crippen molar-refractivity contribution in [2.45, 2.75) is 31.7 Å². The number of rotatable bonds is 3. The molecule has 7 heteroatoms. The van der Waals surface area contributed by atoms with Gasteiger partial charge in [-0.2, -0.15) is 0 Å². The summed E-state index contributed by atoms with van der Waals surface area (Å²) >= 11 is 5.74. The minimum Gasteiger partial charge on any atom is -0.465 e. The molecule has 2 aliphatic rings. The topological polar surface area (TPSA) is 54.2 Å². The van der Waals surface area contributed by atoms with E-state index in [1.165, 1.54) is 7.11 Å². The van der Waals surface area contributed by atoms with Gasteiger partial charge in [0, 0.05) is 11.4 Å². The van der Waals surface area contributed by atoms with E-state index in [2.05, 4.69) is 4.85 Å². The highest BCUT2D eigenvalue weighted by Gasteiger charge is 2.59. The standard InChI is InChI=1S/C22H19N3O3S/c1-14-13-17(9-10-18(14)23-2)24-20(27)22(11-4-12-22)25(21(24)29)16-7-5-15(6-8-16)19(26)28-3/h5-10,13H,4,11-12H2,1,3H3. The Hall–Kier alpha value is -3.24. The molecule has 29 heavy (non-hydrogen) atoms. The maximum atomic E-state index is 13.5. The summed E-state index contributed by atoms with van der Waals surface area (Å²) in [6.45, 7) is 9.08. The number of carbonyl (C=O) groups excluding carboxylic acids is 2. The summed E-state index contributed by atoms with van der Waals surface area (Å²) < 4.78 is 4.76. The molecule has 0 N–H and O–H groups in total. The highest BCUT2D eigenvalue weighted by Crippen LogP contribution is 2.48. The number of ether oxygens (including phenoxy) is 1. The van der Waals surface area contributed by atoms with E-state index in [-0.39, 0.29) is 5.91 Å². The van der Waals surface area contributed by atoms with Crippen LogP contribution in [0.1, 0.15) is 35.2 Å². The molecule has 1 aliphatic carbocycles. The molecule has 1 spiro atoms. The average molecular weight is 405 g/mol. The molecule has 1 saturated carbocycles. The lowest BCUT2D eigenvalue weighted by Crippen LogP contribution is -2.55. The van der Waals surface area contributed by atoms with E-state index in [0.29, 0.717) is 22.1 Å². The Balaban J connectivity index is 1.75. The van der Waals surface area contributed by atoms with E-state index >= 15 is 0 Å². The Kier molecular flexibility index (Phi) is 4.59. The van der Waals surface area contributed by atoms with Crippen LogP contribution in [0.4, 0.5) is 17.1 Å². The summed E-state index contributed by atoms with van der Waals surface area (Å²) in [6.07, 6.45) is 2.40. The third-order valence-electron chi connectivity index (χ3n) is 5.70. The molecule has 6 nitrogen and oxygen atoms in total. The zero-order valence-electron chi connectivity index (χ0n) is 16.1. The first kappa shape index (κ1) is 19.1. The van der Waals surface area contributed by atoms with Gasteiger partial charge in [0.25, 0.3) is 5.91 Å². The fourth-order valence-electron chi connectivity index (χ4n) is 3.98. The van der Waals surface area contributed by atoms with Crippen LogP contribution in [-0.2, 0) is 9.53 Å². The van der Waals surface area contributed by atoms with Gasteiger partial charge in [-0.3, -0.25) is 9.69 Å². The molecule has 0 radical (unpaired) electrons. The van der Waals surface area contributed by atoms with Gasteiger partial charge in [-0.15, -0.1) is 0 Å². The number of esters is 1. The quantitative estimate of drug-likeness (QED) is 0.431. The molecule has 1 heterocycles. The van der Waals surface area contributed by atoms with Gasteiger partial charge < -0.3 is 9.64 Å². The molecule has 2 aromatic carbocycles. The molecule has 4 rings (SSSR count). The van der Waals surface area contributed by atoms with Crippen molar-refractivity contribution >= 4 is 46.3 Å². The van der Waals surface area contributed by atoms with Crippen LogP contribution >= 0.6 is 12.2 Å². The van der Waals surface area contributed by atoms with Crippen molar-refractivity contribution in [3.05, 3.63) is 65.0 Å². The number of hydrogen-bond donors (Lipinski definition) is 0. The molecule has 0 atom stereocenters.